The van der Waals surface area contributed by atoms with Gasteiger partial charge in [0.2, 0.25) is 0 Å². The van der Waals surface area contributed by atoms with Crippen molar-refractivity contribution in [2.75, 3.05) is 13.2 Å². The van der Waals surface area contributed by atoms with Gasteiger partial charge >= 0.3 is 0 Å². The van der Waals surface area contributed by atoms with E-state index in [1.165, 1.54) is 11.3 Å². The van der Waals surface area contributed by atoms with E-state index in [9.17, 15) is 4.79 Å². The maximum absolute atomic E-state index is 12.8. The lowest BCUT2D eigenvalue weighted by Crippen LogP contribution is -2.29. The summed E-state index contributed by atoms with van der Waals surface area (Å²) in [6.07, 6.45) is 3.92. The van der Waals surface area contributed by atoms with Gasteiger partial charge in [0.05, 0.1) is 17.1 Å². The summed E-state index contributed by atoms with van der Waals surface area (Å²) in [5.74, 6) is 1.94. The van der Waals surface area contributed by atoms with Gasteiger partial charge in [0.15, 0.2) is 11.5 Å². The summed E-state index contributed by atoms with van der Waals surface area (Å²) < 4.78 is 11.3. The summed E-state index contributed by atoms with van der Waals surface area (Å²) in [5.41, 5.74) is 1.07. The molecule has 5 nitrogen and oxygen atoms in total. The quantitative estimate of drug-likeness (QED) is 0.686. The first-order chi connectivity index (χ1) is 13.3. The molecule has 0 bridgehead atoms. The van der Waals surface area contributed by atoms with Crippen molar-refractivity contribution in [3.05, 3.63) is 52.3 Å². The van der Waals surface area contributed by atoms with Crippen LogP contribution in [0, 0.1) is 5.92 Å². The number of nitrogens with zero attached hydrogens (tertiary/aromatic N) is 1. The molecule has 27 heavy (non-hydrogen) atoms. The van der Waals surface area contributed by atoms with Gasteiger partial charge in [0, 0.05) is 0 Å². The number of benzene rings is 1. The average Bonchev–Trinajstić information content (AvgIpc) is 3.19. The molecule has 3 aromatic rings. The molecular formula is C20H18N2O3S2. The highest BCUT2D eigenvalue weighted by molar-refractivity contribution is 7.21. The number of amides is 1. The molecule has 1 atom stereocenters. The van der Waals surface area contributed by atoms with Crippen LogP contribution >= 0.6 is 22.7 Å². The normalized spacial score (nSPS) is 16.7. The zero-order chi connectivity index (χ0) is 18.2. The third-order valence-corrected chi connectivity index (χ3v) is 6.80. The number of aromatic nitrogens is 1. The number of hydrogen-bond acceptors (Lipinski definition) is 6. The Labute approximate surface area is 165 Å². The minimum atomic E-state index is -0.0675. The van der Waals surface area contributed by atoms with E-state index in [0.29, 0.717) is 24.0 Å². The Hall–Kier alpha value is -2.38. The highest BCUT2D eigenvalue weighted by atomic mass is 32.1. The number of thiophene rings is 1. The molecule has 0 saturated heterocycles. The smallest absolute Gasteiger partial charge is 0.263 e. The number of ether oxygens (including phenoxy) is 2. The van der Waals surface area contributed by atoms with Crippen molar-refractivity contribution in [1.29, 1.82) is 0 Å². The van der Waals surface area contributed by atoms with E-state index in [1.807, 2.05) is 35.7 Å². The first-order valence-electron chi connectivity index (χ1n) is 8.98. The molecule has 7 heteroatoms. The molecular weight excluding hydrogens is 380 g/mol. The highest BCUT2D eigenvalue weighted by Crippen LogP contribution is 2.43. The number of nitrogens with one attached hydrogen (secondary N) is 1. The fourth-order valence-corrected chi connectivity index (χ4v) is 4.89. The van der Waals surface area contributed by atoms with Crippen LogP contribution in [0.25, 0.3) is 9.88 Å². The molecule has 1 unspecified atom stereocenters. The maximum atomic E-state index is 12.8. The summed E-state index contributed by atoms with van der Waals surface area (Å²) in [6, 6.07) is 9.97. The largest absolute Gasteiger partial charge is 0.486 e. The molecule has 1 N–H and O–H groups in total. The van der Waals surface area contributed by atoms with Crippen molar-refractivity contribution >= 4 is 28.6 Å². The molecule has 0 radical (unpaired) electrons. The summed E-state index contributed by atoms with van der Waals surface area (Å²) in [4.78, 5) is 19.0. The number of rotatable bonds is 5. The second-order valence-corrected chi connectivity index (χ2v) is 8.68. The Morgan fingerprint density at radius 2 is 2.04 bits per heavy atom. The first kappa shape index (κ1) is 16.8. The zero-order valence-corrected chi connectivity index (χ0v) is 16.1. The summed E-state index contributed by atoms with van der Waals surface area (Å²) >= 11 is 3.06. The molecule has 1 aromatic carbocycles. The average molecular weight is 399 g/mol. The van der Waals surface area contributed by atoms with Crippen molar-refractivity contribution in [1.82, 2.24) is 10.3 Å². The first-order valence-corrected chi connectivity index (χ1v) is 10.7. The molecule has 2 aromatic heterocycles. The number of carbonyl (C=O) groups excluding carboxylic acids is 1. The minimum absolute atomic E-state index is 0.0133. The van der Waals surface area contributed by atoms with Crippen LogP contribution in [0.2, 0.25) is 0 Å². The van der Waals surface area contributed by atoms with Crippen molar-refractivity contribution < 1.29 is 14.3 Å². The molecule has 3 heterocycles. The minimum Gasteiger partial charge on any atom is -0.486 e. The predicted octanol–water partition coefficient (Wildman–Crippen LogP) is 4.52. The second kappa shape index (κ2) is 6.98. The van der Waals surface area contributed by atoms with Gasteiger partial charge in [0.1, 0.15) is 23.1 Å². The molecule has 1 saturated carbocycles. The van der Waals surface area contributed by atoms with Gasteiger partial charge < -0.3 is 14.8 Å². The Morgan fingerprint density at radius 3 is 2.81 bits per heavy atom. The second-order valence-electron chi connectivity index (χ2n) is 6.70. The standard InChI is InChI=1S/C20H18N2O3S2/c23-19(17-11-21-20(27-17)16-2-1-9-26-16)22-18(12-3-4-12)13-5-6-14-15(10-13)25-8-7-24-14/h1-2,5-6,9-12,18H,3-4,7-8H2,(H,22,23). The Morgan fingerprint density at radius 1 is 1.19 bits per heavy atom. The van der Waals surface area contributed by atoms with Gasteiger partial charge in [-0.05, 0) is 47.9 Å². The number of thiazole rings is 1. The van der Waals surface area contributed by atoms with E-state index in [-0.39, 0.29) is 11.9 Å². The number of fused-ring (bicyclic) bond motifs is 1. The van der Waals surface area contributed by atoms with E-state index in [2.05, 4.69) is 10.3 Å². The Kier molecular flexibility index (Phi) is 4.33. The molecule has 1 aliphatic heterocycles. The lowest BCUT2D eigenvalue weighted by atomic mass is 10.0. The van der Waals surface area contributed by atoms with Crippen LogP contribution in [0.15, 0.2) is 41.9 Å². The van der Waals surface area contributed by atoms with Crippen LogP contribution in [0.4, 0.5) is 0 Å². The molecule has 1 fully saturated rings. The van der Waals surface area contributed by atoms with Crippen LogP contribution in [0.1, 0.15) is 34.1 Å². The van der Waals surface area contributed by atoms with Crippen LogP contribution in [-0.2, 0) is 0 Å². The summed E-state index contributed by atoms with van der Waals surface area (Å²) in [7, 11) is 0. The predicted molar refractivity (Wildman–Crippen MR) is 106 cm³/mol. The Bertz CT molecular complexity index is 964. The molecule has 2 aliphatic rings. The monoisotopic (exact) mass is 398 g/mol. The van der Waals surface area contributed by atoms with Gasteiger partial charge in [0.25, 0.3) is 5.91 Å². The van der Waals surface area contributed by atoms with Crippen LogP contribution in [0.5, 0.6) is 11.5 Å². The molecule has 1 amide bonds. The third kappa shape index (κ3) is 3.44. The summed E-state index contributed by atoms with van der Waals surface area (Å²) in [5, 5.41) is 6.12. The topological polar surface area (TPSA) is 60.5 Å². The van der Waals surface area contributed by atoms with E-state index >= 15 is 0 Å². The zero-order valence-electron chi connectivity index (χ0n) is 14.5. The van der Waals surface area contributed by atoms with E-state index < -0.39 is 0 Å². The molecule has 0 spiro atoms. The lowest BCUT2D eigenvalue weighted by Gasteiger charge is -2.22. The Balaban J connectivity index is 1.36. The van der Waals surface area contributed by atoms with Crippen LogP contribution < -0.4 is 14.8 Å². The van der Waals surface area contributed by atoms with Crippen molar-refractivity contribution in [2.24, 2.45) is 5.92 Å². The van der Waals surface area contributed by atoms with Crippen molar-refractivity contribution in [3.8, 4) is 21.4 Å². The molecule has 1 aliphatic carbocycles. The van der Waals surface area contributed by atoms with Crippen LogP contribution in [0.3, 0.4) is 0 Å². The molecule has 5 rings (SSSR count). The van der Waals surface area contributed by atoms with E-state index in [4.69, 9.17) is 9.47 Å². The lowest BCUT2D eigenvalue weighted by molar-refractivity contribution is 0.0935. The van der Waals surface area contributed by atoms with Gasteiger partial charge in [-0.25, -0.2) is 4.98 Å². The van der Waals surface area contributed by atoms with Gasteiger partial charge in [-0.15, -0.1) is 22.7 Å². The van der Waals surface area contributed by atoms with Gasteiger partial charge in [-0.1, -0.05) is 12.1 Å². The SMILES string of the molecule is O=C(NC(c1ccc2c(c1)OCCO2)C1CC1)c1cnc(-c2cccs2)s1. The fraction of sp³-hybridized carbons (Fsp3) is 0.300. The third-order valence-electron chi connectivity index (χ3n) is 4.77. The number of hydrogen-bond donors (Lipinski definition) is 1. The summed E-state index contributed by atoms with van der Waals surface area (Å²) in [6.45, 7) is 1.14. The van der Waals surface area contributed by atoms with E-state index in [1.54, 1.807) is 17.5 Å². The number of carbonyl (C=O) groups is 1. The highest BCUT2D eigenvalue weighted by Gasteiger charge is 2.34. The maximum Gasteiger partial charge on any atom is 0.263 e. The van der Waals surface area contributed by atoms with Crippen molar-refractivity contribution in [2.45, 2.75) is 18.9 Å². The van der Waals surface area contributed by atoms with E-state index in [0.717, 1.165) is 39.8 Å². The van der Waals surface area contributed by atoms with Gasteiger partial charge in [-0.3, -0.25) is 4.79 Å². The van der Waals surface area contributed by atoms with Crippen molar-refractivity contribution in [3.63, 3.8) is 0 Å². The van der Waals surface area contributed by atoms with Gasteiger partial charge in [-0.2, -0.15) is 0 Å². The fourth-order valence-electron chi connectivity index (χ4n) is 3.26. The molecule has 138 valence electrons. The van der Waals surface area contributed by atoms with Crippen LogP contribution in [-0.4, -0.2) is 24.1 Å².